The smallest absolute Gasteiger partial charge is 0.239 e. The largest absolute Gasteiger partial charge is 0.355 e. The van der Waals surface area contributed by atoms with Crippen molar-refractivity contribution in [2.24, 2.45) is 5.92 Å². The lowest BCUT2D eigenvalue weighted by molar-refractivity contribution is -0.121. The Morgan fingerprint density at radius 2 is 2.21 bits per heavy atom. The van der Waals surface area contributed by atoms with Gasteiger partial charge < -0.3 is 15.2 Å². The van der Waals surface area contributed by atoms with Gasteiger partial charge in [-0.05, 0) is 30.5 Å². The van der Waals surface area contributed by atoms with Gasteiger partial charge in [-0.3, -0.25) is 4.79 Å². The Balaban J connectivity index is 2.27. The second-order valence-electron chi connectivity index (χ2n) is 5.42. The minimum absolute atomic E-state index is 0.0886. The molecule has 0 saturated carbocycles. The van der Waals surface area contributed by atoms with E-state index in [1.54, 1.807) is 0 Å². The molecule has 0 radical (unpaired) electrons. The zero-order valence-electron chi connectivity index (χ0n) is 12.4. The van der Waals surface area contributed by atoms with Crippen LogP contribution in [0.4, 0.5) is 0 Å². The summed E-state index contributed by atoms with van der Waals surface area (Å²) in [4.78, 5) is 11.7. The van der Waals surface area contributed by atoms with Crippen LogP contribution < -0.4 is 10.6 Å². The Bertz CT molecular complexity index is 371. The molecule has 2 N–H and O–H groups in total. The maximum Gasteiger partial charge on any atom is 0.239 e. The van der Waals surface area contributed by atoms with E-state index in [2.05, 4.69) is 37.5 Å². The van der Waals surface area contributed by atoms with E-state index in [1.165, 1.54) is 5.56 Å². The van der Waals surface area contributed by atoms with Crippen molar-refractivity contribution in [2.75, 3.05) is 13.1 Å². The van der Waals surface area contributed by atoms with Gasteiger partial charge in [-0.1, -0.05) is 27.2 Å². The van der Waals surface area contributed by atoms with Crippen LogP contribution in [0.5, 0.6) is 0 Å². The minimum Gasteiger partial charge on any atom is -0.355 e. The van der Waals surface area contributed by atoms with Gasteiger partial charge in [-0.15, -0.1) is 0 Å². The standard InChI is InChI=1S/C15H27N3O/c1-4-5-7-17-15(19)12-18-8-6-14(11-18)10-16-9-13(2)3/h6,8,11,13,16H,4-5,7,9-10,12H2,1-3H3,(H,17,19). The van der Waals surface area contributed by atoms with E-state index in [0.29, 0.717) is 12.5 Å². The van der Waals surface area contributed by atoms with Crippen LogP contribution >= 0.6 is 0 Å². The fraction of sp³-hybridized carbons (Fsp3) is 0.667. The molecule has 4 heteroatoms. The van der Waals surface area contributed by atoms with Gasteiger partial charge >= 0.3 is 0 Å². The molecule has 108 valence electrons. The normalized spacial score (nSPS) is 10.9. The molecule has 1 aromatic heterocycles. The van der Waals surface area contributed by atoms with E-state index < -0.39 is 0 Å². The summed E-state index contributed by atoms with van der Waals surface area (Å²) in [6, 6.07) is 2.06. The highest BCUT2D eigenvalue weighted by molar-refractivity contribution is 5.75. The first-order chi connectivity index (χ1) is 9.11. The molecule has 0 bridgehead atoms. The third kappa shape index (κ3) is 7.01. The number of hydrogen-bond donors (Lipinski definition) is 2. The van der Waals surface area contributed by atoms with Crippen LogP contribution in [0.25, 0.3) is 0 Å². The van der Waals surface area contributed by atoms with Crippen LogP contribution in [0.3, 0.4) is 0 Å². The predicted molar refractivity (Wildman–Crippen MR) is 78.9 cm³/mol. The van der Waals surface area contributed by atoms with Crippen molar-refractivity contribution >= 4 is 5.91 Å². The lowest BCUT2D eigenvalue weighted by Gasteiger charge is -2.06. The summed E-state index contributed by atoms with van der Waals surface area (Å²) < 4.78 is 1.94. The maximum absolute atomic E-state index is 11.7. The van der Waals surface area contributed by atoms with Crippen LogP contribution in [0.1, 0.15) is 39.2 Å². The molecule has 1 rings (SSSR count). The summed E-state index contributed by atoms with van der Waals surface area (Å²) in [5, 5.41) is 6.32. The molecule has 0 aliphatic heterocycles. The van der Waals surface area contributed by atoms with Crippen LogP contribution in [0.15, 0.2) is 18.5 Å². The molecule has 0 aliphatic rings. The molecule has 1 aromatic rings. The van der Waals surface area contributed by atoms with Crippen LogP contribution in [0.2, 0.25) is 0 Å². The third-order valence-corrected chi connectivity index (χ3v) is 2.87. The molecule has 1 heterocycles. The SMILES string of the molecule is CCCCNC(=O)Cn1ccc(CNCC(C)C)c1. The van der Waals surface area contributed by atoms with Crippen molar-refractivity contribution < 1.29 is 4.79 Å². The fourth-order valence-electron chi connectivity index (χ4n) is 1.82. The highest BCUT2D eigenvalue weighted by Crippen LogP contribution is 2.01. The Morgan fingerprint density at radius 3 is 2.89 bits per heavy atom. The molecule has 0 saturated heterocycles. The third-order valence-electron chi connectivity index (χ3n) is 2.87. The lowest BCUT2D eigenvalue weighted by atomic mass is 10.2. The van der Waals surface area contributed by atoms with Crippen molar-refractivity contribution in [1.82, 2.24) is 15.2 Å². The highest BCUT2D eigenvalue weighted by atomic mass is 16.1. The monoisotopic (exact) mass is 265 g/mol. The van der Waals surface area contributed by atoms with Gasteiger partial charge in [-0.25, -0.2) is 0 Å². The second-order valence-corrected chi connectivity index (χ2v) is 5.42. The summed E-state index contributed by atoms with van der Waals surface area (Å²) in [5.41, 5.74) is 1.22. The summed E-state index contributed by atoms with van der Waals surface area (Å²) in [6.07, 6.45) is 6.15. The number of unbranched alkanes of at least 4 members (excludes halogenated alkanes) is 1. The van der Waals surface area contributed by atoms with Gasteiger partial charge in [0, 0.05) is 25.5 Å². The van der Waals surface area contributed by atoms with Crippen LogP contribution in [0, 0.1) is 5.92 Å². The Labute approximate surface area is 116 Å². The summed E-state index contributed by atoms with van der Waals surface area (Å²) in [6.45, 7) is 9.57. The topological polar surface area (TPSA) is 46.1 Å². The number of amides is 1. The summed E-state index contributed by atoms with van der Waals surface area (Å²) >= 11 is 0. The molecule has 0 aliphatic carbocycles. The Kier molecular flexibility index (Phi) is 7.26. The number of rotatable bonds is 9. The van der Waals surface area contributed by atoms with Crippen molar-refractivity contribution in [1.29, 1.82) is 0 Å². The molecule has 0 atom stereocenters. The number of aromatic nitrogens is 1. The van der Waals surface area contributed by atoms with Gasteiger partial charge in [0.2, 0.25) is 5.91 Å². The summed E-state index contributed by atoms with van der Waals surface area (Å²) in [7, 11) is 0. The minimum atomic E-state index is 0.0886. The molecule has 1 amide bonds. The average Bonchev–Trinajstić information content (AvgIpc) is 2.76. The van der Waals surface area contributed by atoms with Crippen LogP contribution in [-0.4, -0.2) is 23.6 Å². The lowest BCUT2D eigenvalue weighted by Crippen LogP contribution is -2.27. The zero-order valence-corrected chi connectivity index (χ0v) is 12.4. The molecule has 0 unspecified atom stereocenters. The molecule has 0 fully saturated rings. The molecular weight excluding hydrogens is 238 g/mol. The Morgan fingerprint density at radius 1 is 1.42 bits per heavy atom. The number of carbonyl (C=O) groups excluding carboxylic acids is 1. The molecule has 4 nitrogen and oxygen atoms in total. The van der Waals surface area contributed by atoms with Gasteiger partial charge in [0.1, 0.15) is 6.54 Å². The number of carbonyl (C=O) groups is 1. The quantitative estimate of drug-likeness (QED) is 0.672. The van der Waals surface area contributed by atoms with Crippen molar-refractivity contribution in [3.63, 3.8) is 0 Å². The van der Waals surface area contributed by atoms with E-state index >= 15 is 0 Å². The van der Waals surface area contributed by atoms with E-state index in [1.807, 2.05) is 17.0 Å². The maximum atomic E-state index is 11.7. The first kappa shape index (κ1) is 15.8. The van der Waals surface area contributed by atoms with E-state index in [0.717, 1.165) is 32.5 Å². The highest BCUT2D eigenvalue weighted by Gasteiger charge is 2.03. The first-order valence-electron chi connectivity index (χ1n) is 7.24. The number of nitrogens with one attached hydrogen (secondary N) is 2. The zero-order chi connectivity index (χ0) is 14.1. The summed E-state index contributed by atoms with van der Waals surface area (Å²) in [5.74, 6) is 0.747. The molecule has 19 heavy (non-hydrogen) atoms. The van der Waals surface area contributed by atoms with E-state index in [9.17, 15) is 4.79 Å². The van der Waals surface area contributed by atoms with Crippen molar-refractivity contribution in [3.05, 3.63) is 24.0 Å². The number of nitrogens with zero attached hydrogens (tertiary/aromatic N) is 1. The van der Waals surface area contributed by atoms with Gasteiger partial charge in [-0.2, -0.15) is 0 Å². The van der Waals surface area contributed by atoms with Gasteiger partial charge in [0.25, 0.3) is 0 Å². The van der Waals surface area contributed by atoms with E-state index in [-0.39, 0.29) is 5.91 Å². The molecule has 0 aromatic carbocycles. The van der Waals surface area contributed by atoms with Gasteiger partial charge in [0.15, 0.2) is 0 Å². The van der Waals surface area contributed by atoms with Crippen molar-refractivity contribution in [2.45, 2.75) is 46.7 Å². The van der Waals surface area contributed by atoms with Crippen LogP contribution in [-0.2, 0) is 17.9 Å². The second kappa shape index (κ2) is 8.75. The van der Waals surface area contributed by atoms with E-state index in [4.69, 9.17) is 0 Å². The average molecular weight is 265 g/mol. The Hall–Kier alpha value is -1.29. The van der Waals surface area contributed by atoms with Gasteiger partial charge in [0.05, 0.1) is 0 Å². The first-order valence-corrected chi connectivity index (χ1v) is 7.24. The predicted octanol–water partition coefficient (Wildman–Crippen LogP) is 2.15. The number of hydrogen-bond acceptors (Lipinski definition) is 2. The fourth-order valence-corrected chi connectivity index (χ4v) is 1.82. The molecule has 0 spiro atoms. The molecular formula is C15H27N3O. The van der Waals surface area contributed by atoms with Crippen molar-refractivity contribution in [3.8, 4) is 0 Å².